The Labute approximate surface area is 146 Å². The van der Waals surface area contributed by atoms with E-state index >= 15 is 0 Å². The number of rotatable bonds is 7. The molecule has 2 aromatic carbocycles. The summed E-state index contributed by atoms with van der Waals surface area (Å²) in [5.74, 6) is 1.19. The molecule has 0 radical (unpaired) electrons. The zero-order valence-electron chi connectivity index (χ0n) is 14.5. The first-order chi connectivity index (χ1) is 12.2. The number of tetrazole rings is 1. The van der Waals surface area contributed by atoms with E-state index in [4.69, 9.17) is 9.47 Å². The van der Waals surface area contributed by atoms with Crippen molar-refractivity contribution in [1.82, 2.24) is 25.5 Å². The van der Waals surface area contributed by atoms with E-state index in [2.05, 4.69) is 34.7 Å². The second-order valence-corrected chi connectivity index (χ2v) is 5.83. The number of methoxy groups -OCH3 is 1. The molecule has 0 unspecified atom stereocenters. The highest BCUT2D eigenvalue weighted by Gasteiger charge is 2.14. The summed E-state index contributed by atoms with van der Waals surface area (Å²) in [6.07, 6.45) is 0. The molecule has 0 bridgehead atoms. The van der Waals surface area contributed by atoms with Crippen molar-refractivity contribution in [3.8, 4) is 23.2 Å². The fourth-order valence-electron chi connectivity index (χ4n) is 2.30. The Morgan fingerprint density at radius 3 is 2.60 bits per heavy atom. The first-order valence-electron chi connectivity index (χ1n) is 8.09. The van der Waals surface area contributed by atoms with Crippen molar-refractivity contribution in [2.24, 2.45) is 0 Å². The van der Waals surface area contributed by atoms with Gasteiger partial charge in [0.05, 0.1) is 12.8 Å². The lowest BCUT2D eigenvalue weighted by atomic mass is 10.2. The normalized spacial score (nSPS) is 10.9. The molecule has 1 aromatic heterocycles. The molecule has 1 heterocycles. The van der Waals surface area contributed by atoms with Gasteiger partial charge in [-0.25, -0.2) is 0 Å². The summed E-state index contributed by atoms with van der Waals surface area (Å²) in [5, 5.41) is 15.0. The number of nitrogens with one attached hydrogen (secondary N) is 1. The van der Waals surface area contributed by atoms with E-state index in [1.807, 2.05) is 48.5 Å². The fourth-order valence-corrected chi connectivity index (χ4v) is 2.30. The van der Waals surface area contributed by atoms with E-state index in [-0.39, 0.29) is 6.01 Å². The van der Waals surface area contributed by atoms with E-state index < -0.39 is 0 Å². The molecular formula is C18H21N5O2. The van der Waals surface area contributed by atoms with E-state index in [0.29, 0.717) is 17.5 Å². The Hall–Kier alpha value is -2.93. The fraction of sp³-hybridized carbons (Fsp3) is 0.278. The Morgan fingerprint density at radius 1 is 1.08 bits per heavy atom. The van der Waals surface area contributed by atoms with Crippen LogP contribution in [0.15, 0.2) is 48.5 Å². The highest BCUT2D eigenvalue weighted by molar-refractivity contribution is 5.44. The summed E-state index contributed by atoms with van der Waals surface area (Å²) in [5.41, 5.74) is 1.93. The Balaban J connectivity index is 1.83. The van der Waals surface area contributed by atoms with Crippen molar-refractivity contribution in [1.29, 1.82) is 0 Å². The lowest BCUT2D eigenvalue weighted by Gasteiger charge is -2.13. The summed E-state index contributed by atoms with van der Waals surface area (Å²) < 4.78 is 12.9. The lowest BCUT2D eigenvalue weighted by molar-refractivity contribution is 0.362. The van der Waals surface area contributed by atoms with Crippen LogP contribution in [0.5, 0.6) is 17.5 Å². The van der Waals surface area contributed by atoms with Crippen LogP contribution in [0.4, 0.5) is 0 Å². The largest absolute Gasteiger partial charge is 0.493 e. The van der Waals surface area contributed by atoms with Gasteiger partial charge in [-0.1, -0.05) is 43.2 Å². The molecule has 0 aliphatic rings. The molecule has 7 nitrogen and oxygen atoms in total. The summed E-state index contributed by atoms with van der Waals surface area (Å²) in [6.45, 7) is 4.98. The predicted octanol–water partition coefficient (Wildman–Crippen LogP) is 2.96. The first-order valence-corrected chi connectivity index (χ1v) is 8.09. The van der Waals surface area contributed by atoms with E-state index in [9.17, 15) is 0 Å². The highest BCUT2D eigenvalue weighted by Crippen LogP contribution is 2.32. The lowest BCUT2D eigenvalue weighted by Crippen LogP contribution is -2.21. The highest BCUT2D eigenvalue weighted by atomic mass is 16.5. The van der Waals surface area contributed by atoms with Crippen molar-refractivity contribution in [3.63, 3.8) is 0 Å². The minimum Gasteiger partial charge on any atom is -0.493 e. The maximum atomic E-state index is 5.89. The molecule has 130 valence electrons. The predicted molar refractivity (Wildman–Crippen MR) is 94.2 cm³/mol. The monoisotopic (exact) mass is 339 g/mol. The van der Waals surface area contributed by atoms with Crippen LogP contribution in [0.3, 0.4) is 0 Å². The van der Waals surface area contributed by atoms with Gasteiger partial charge in [-0.2, -0.15) is 4.68 Å². The van der Waals surface area contributed by atoms with Gasteiger partial charge in [-0.3, -0.25) is 0 Å². The standard InChI is InChI=1S/C18H21N5O2/c1-13(2)19-12-14-9-10-16(17(11-14)24-3)25-18-20-21-22-23(18)15-7-5-4-6-8-15/h4-11,13,19H,12H2,1-3H3. The average molecular weight is 339 g/mol. The van der Waals surface area contributed by atoms with Gasteiger partial charge in [0, 0.05) is 12.6 Å². The zero-order chi connectivity index (χ0) is 17.6. The van der Waals surface area contributed by atoms with Crippen molar-refractivity contribution in [2.45, 2.75) is 26.4 Å². The number of aromatic nitrogens is 4. The first kappa shape index (κ1) is 16.9. The van der Waals surface area contributed by atoms with Gasteiger partial charge in [0.15, 0.2) is 11.5 Å². The zero-order valence-corrected chi connectivity index (χ0v) is 14.5. The number of benzene rings is 2. The van der Waals surface area contributed by atoms with Gasteiger partial charge >= 0.3 is 6.01 Å². The Bertz CT molecular complexity index is 817. The topological polar surface area (TPSA) is 74.1 Å². The maximum Gasteiger partial charge on any atom is 0.346 e. The van der Waals surface area contributed by atoms with Crippen LogP contribution >= 0.6 is 0 Å². The van der Waals surface area contributed by atoms with E-state index in [0.717, 1.165) is 17.8 Å². The molecular weight excluding hydrogens is 318 g/mol. The molecule has 0 amide bonds. The molecule has 3 rings (SSSR count). The van der Waals surface area contributed by atoms with Crippen molar-refractivity contribution < 1.29 is 9.47 Å². The SMILES string of the molecule is COc1cc(CNC(C)C)ccc1Oc1nnnn1-c1ccccc1. The number of ether oxygens (including phenoxy) is 2. The number of nitrogens with zero attached hydrogens (tertiary/aromatic N) is 4. The van der Waals surface area contributed by atoms with Gasteiger partial charge in [-0.05, 0) is 40.3 Å². The molecule has 3 aromatic rings. The van der Waals surface area contributed by atoms with Crippen molar-refractivity contribution >= 4 is 0 Å². The van der Waals surface area contributed by atoms with Gasteiger partial charge < -0.3 is 14.8 Å². The van der Waals surface area contributed by atoms with Crippen LogP contribution in [0, 0.1) is 0 Å². The summed E-state index contributed by atoms with van der Waals surface area (Å²) in [7, 11) is 1.61. The molecule has 0 fully saturated rings. The number of hydrogen-bond acceptors (Lipinski definition) is 6. The third-order valence-electron chi connectivity index (χ3n) is 3.59. The van der Waals surface area contributed by atoms with Crippen LogP contribution in [0.25, 0.3) is 5.69 Å². The van der Waals surface area contributed by atoms with Crippen LogP contribution in [0.1, 0.15) is 19.4 Å². The van der Waals surface area contributed by atoms with Gasteiger partial charge in [0.25, 0.3) is 0 Å². The van der Waals surface area contributed by atoms with Gasteiger partial charge in [-0.15, -0.1) is 0 Å². The number of hydrogen-bond donors (Lipinski definition) is 1. The van der Waals surface area contributed by atoms with Crippen LogP contribution in [-0.4, -0.2) is 33.4 Å². The molecule has 0 saturated heterocycles. The molecule has 25 heavy (non-hydrogen) atoms. The molecule has 0 aliphatic heterocycles. The van der Waals surface area contributed by atoms with Gasteiger partial charge in [0.2, 0.25) is 0 Å². The third-order valence-corrected chi connectivity index (χ3v) is 3.59. The van der Waals surface area contributed by atoms with E-state index in [1.54, 1.807) is 7.11 Å². The summed E-state index contributed by atoms with van der Waals surface area (Å²) in [4.78, 5) is 0. The minimum atomic E-state index is 0.276. The number of para-hydroxylation sites is 1. The third kappa shape index (κ3) is 4.13. The molecule has 7 heteroatoms. The molecule has 0 aliphatic carbocycles. The maximum absolute atomic E-state index is 5.89. The second kappa shape index (κ2) is 7.76. The van der Waals surface area contributed by atoms with Gasteiger partial charge in [0.1, 0.15) is 0 Å². The molecule has 0 saturated carbocycles. The second-order valence-electron chi connectivity index (χ2n) is 5.83. The van der Waals surface area contributed by atoms with Crippen molar-refractivity contribution in [2.75, 3.05) is 7.11 Å². The van der Waals surface area contributed by atoms with E-state index in [1.165, 1.54) is 4.68 Å². The quantitative estimate of drug-likeness (QED) is 0.713. The van der Waals surface area contributed by atoms with Crippen molar-refractivity contribution in [3.05, 3.63) is 54.1 Å². The van der Waals surface area contributed by atoms with Crippen LogP contribution in [-0.2, 0) is 6.54 Å². The molecule has 1 N–H and O–H groups in total. The molecule has 0 spiro atoms. The minimum absolute atomic E-state index is 0.276. The summed E-state index contributed by atoms with van der Waals surface area (Å²) >= 11 is 0. The molecule has 0 atom stereocenters. The Kier molecular flexibility index (Phi) is 5.25. The van der Waals surface area contributed by atoms with Crippen LogP contribution in [0.2, 0.25) is 0 Å². The average Bonchev–Trinajstić information content (AvgIpc) is 3.09. The summed E-state index contributed by atoms with van der Waals surface area (Å²) in [6, 6.07) is 16.1. The Morgan fingerprint density at radius 2 is 1.88 bits per heavy atom. The smallest absolute Gasteiger partial charge is 0.346 e. The van der Waals surface area contributed by atoms with Crippen LogP contribution < -0.4 is 14.8 Å².